The maximum absolute atomic E-state index is 15.2. The number of alkyl halides is 3. The lowest BCUT2D eigenvalue weighted by Crippen LogP contribution is -2.50. The summed E-state index contributed by atoms with van der Waals surface area (Å²) in [5.41, 5.74) is 0.860. The van der Waals surface area contributed by atoms with Gasteiger partial charge in [-0.05, 0) is 67.9 Å². The second-order valence-electron chi connectivity index (χ2n) is 8.76. The molecule has 2 aliphatic heterocycles. The first-order valence-electron chi connectivity index (χ1n) is 11.5. The van der Waals surface area contributed by atoms with E-state index in [9.17, 15) is 4.79 Å². The van der Waals surface area contributed by atoms with Crippen molar-refractivity contribution < 1.29 is 27.5 Å². The standard InChI is InChI=1S/C25H24Cl2F2N2O4/c26-17-4-6-19-16(11-17)13-22(35-19)25(28,29)24(32)30-18(14-31-7-1-2-8-31)23(27)15-3-5-20-21(12-15)34-10-9-33-20/h3-6,11-13,18,23H,1-2,7-10,14H2,(H,30,32). The van der Waals surface area contributed by atoms with E-state index in [-0.39, 0.29) is 5.58 Å². The van der Waals surface area contributed by atoms with Gasteiger partial charge in [-0.3, -0.25) is 4.79 Å². The Bertz CT molecular complexity index is 1230. The molecule has 10 heteroatoms. The first-order valence-corrected chi connectivity index (χ1v) is 12.3. The maximum atomic E-state index is 15.2. The number of hydrogen-bond donors (Lipinski definition) is 1. The summed E-state index contributed by atoms with van der Waals surface area (Å²) < 4.78 is 46.9. The molecule has 186 valence electrons. The van der Waals surface area contributed by atoms with Gasteiger partial charge in [0, 0.05) is 17.0 Å². The van der Waals surface area contributed by atoms with Crippen LogP contribution in [0.2, 0.25) is 5.02 Å². The number of rotatable bonds is 7. The normalized spacial score (nSPS) is 17.9. The Balaban J connectivity index is 1.39. The van der Waals surface area contributed by atoms with Crippen molar-refractivity contribution >= 4 is 40.1 Å². The van der Waals surface area contributed by atoms with Gasteiger partial charge >= 0.3 is 5.92 Å². The monoisotopic (exact) mass is 524 g/mol. The van der Waals surface area contributed by atoms with Gasteiger partial charge in [0.2, 0.25) is 0 Å². The lowest BCUT2D eigenvalue weighted by atomic mass is 10.0. The van der Waals surface area contributed by atoms with Crippen molar-refractivity contribution in [1.82, 2.24) is 10.2 Å². The van der Waals surface area contributed by atoms with Crippen molar-refractivity contribution in [3.8, 4) is 11.5 Å². The van der Waals surface area contributed by atoms with E-state index in [1.54, 1.807) is 18.2 Å². The van der Waals surface area contributed by atoms with Crippen LogP contribution in [0, 0.1) is 0 Å². The van der Waals surface area contributed by atoms with Gasteiger partial charge in [-0.1, -0.05) is 17.7 Å². The second-order valence-corrected chi connectivity index (χ2v) is 9.67. The van der Waals surface area contributed by atoms with Crippen LogP contribution in [0.25, 0.3) is 11.0 Å². The molecule has 1 N–H and O–H groups in total. The van der Waals surface area contributed by atoms with Crippen molar-refractivity contribution in [2.45, 2.75) is 30.2 Å². The summed E-state index contributed by atoms with van der Waals surface area (Å²) >= 11 is 12.7. The smallest absolute Gasteiger partial charge is 0.380 e. The fourth-order valence-corrected chi connectivity index (χ4v) is 4.92. The van der Waals surface area contributed by atoms with Gasteiger partial charge in [0.05, 0.1) is 11.4 Å². The van der Waals surface area contributed by atoms with E-state index in [0.29, 0.717) is 47.2 Å². The van der Waals surface area contributed by atoms with Gasteiger partial charge in [0.25, 0.3) is 5.91 Å². The minimum Gasteiger partial charge on any atom is -0.486 e. The molecule has 6 nitrogen and oxygen atoms in total. The molecule has 5 rings (SSSR count). The molecule has 2 unspecified atom stereocenters. The molecule has 1 fully saturated rings. The molecule has 1 aromatic heterocycles. The highest BCUT2D eigenvalue weighted by Crippen LogP contribution is 2.37. The molecule has 1 saturated heterocycles. The SMILES string of the molecule is O=C(NC(CN1CCCC1)C(Cl)c1ccc2c(c1)OCCO2)C(F)(F)c1cc2cc(Cl)ccc2o1. The molecular weight excluding hydrogens is 501 g/mol. The summed E-state index contributed by atoms with van der Waals surface area (Å²) in [5.74, 6) is -5.00. The average Bonchev–Trinajstić information content (AvgIpc) is 3.52. The minimum atomic E-state index is -3.90. The summed E-state index contributed by atoms with van der Waals surface area (Å²) in [5, 5.41) is 2.49. The van der Waals surface area contributed by atoms with Crippen molar-refractivity contribution in [3.63, 3.8) is 0 Å². The van der Waals surface area contributed by atoms with Crippen molar-refractivity contribution in [2.75, 3.05) is 32.8 Å². The number of nitrogens with one attached hydrogen (secondary N) is 1. The zero-order valence-electron chi connectivity index (χ0n) is 18.7. The molecule has 1 amide bonds. The quantitative estimate of drug-likeness (QED) is 0.413. The molecule has 3 heterocycles. The predicted octanol–water partition coefficient (Wildman–Crippen LogP) is 5.51. The number of carbonyl (C=O) groups is 1. The molecule has 0 aliphatic carbocycles. The molecule has 2 aromatic carbocycles. The van der Waals surface area contributed by atoms with Crippen LogP contribution in [-0.2, 0) is 10.7 Å². The third-order valence-corrected chi connectivity index (χ3v) is 7.07. The molecule has 0 saturated carbocycles. The molecule has 0 spiro atoms. The van der Waals surface area contributed by atoms with Crippen molar-refractivity contribution in [1.29, 1.82) is 0 Å². The molecule has 35 heavy (non-hydrogen) atoms. The highest BCUT2D eigenvalue weighted by Gasteiger charge is 2.46. The number of halogens is 4. The lowest BCUT2D eigenvalue weighted by Gasteiger charge is -2.30. The summed E-state index contributed by atoms with van der Waals surface area (Å²) in [7, 11) is 0. The van der Waals surface area contributed by atoms with Crippen molar-refractivity contribution in [2.24, 2.45) is 0 Å². The molecule has 3 aromatic rings. The van der Waals surface area contributed by atoms with Crippen LogP contribution in [0.5, 0.6) is 11.5 Å². The van der Waals surface area contributed by atoms with E-state index in [1.807, 2.05) is 0 Å². The van der Waals surface area contributed by atoms with Gasteiger partial charge in [0.15, 0.2) is 17.3 Å². The Hall–Kier alpha value is -2.55. The van der Waals surface area contributed by atoms with Crippen LogP contribution in [-0.4, -0.2) is 49.7 Å². The van der Waals surface area contributed by atoms with Crippen molar-refractivity contribution in [3.05, 3.63) is 58.8 Å². The number of fused-ring (bicyclic) bond motifs is 2. The Kier molecular flexibility index (Phi) is 6.79. The number of ether oxygens (including phenoxy) is 2. The highest BCUT2D eigenvalue weighted by atomic mass is 35.5. The van der Waals surface area contributed by atoms with Crippen LogP contribution in [0.3, 0.4) is 0 Å². The summed E-state index contributed by atoms with van der Waals surface area (Å²) in [6, 6.07) is 10.1. The second kappa shape index (κ2) is 9.84. The van der Waals surface area contributed by atoms with Crippen LogP contribution in [0.4, 0.5) is 8.78 Å². The number of carbonyl (C=O) groups excluding carboxylic acids is 1. The van der Waals surface area contributed by atoms with E-state index in [0.717, 1.165) is 32.0 Å². The average molecular weight is 525 g/mol. The van der Waals surface area contributed by atoms with Crippen LogP contribution < -0.4 is 14.8 Å². The van der Waals surface area contributed by atoms with Gasteiger partial charge in [-0.15, -0.1) is 11.6 Å². The molecule has 0 bridgehead atoms. The molecular formula is C25H24Cl2F2N2O4. The Morgan fingerprint density at radius 1 is 1.06 bits per heavy atom. The van der Waals surface area contributed by atoms with Crippen LogP contribution in [0.1, 0.15) is 29.5 Å². The lowest BCUT2D eigenvalue weighted by molar-refractivity contribution is -0.150. The van der Waals surface area contributed by atoms with Crippen LogP contribution >= 0.6 is 23.2 Å². The molecule has 2 atom stereocenters. The van der Waals surface area contributed by atoms with Gasteiger partial charge in [0.1, 0.15) is 18.8 Å². The number of furan rings is 1. The fraction of sp³-hybridized carbons (Fsp3) is 0.400. The van der Waals surface area contributed by atoms with Gasteiger partial charge in [-0.25, -0.2) is 0 Å². The fourth-order valence-electron chi connectivity index (χ4n) is 4.46. The zero-order valence-corrected chi connectivity index (χ0v) is 20.2. The number of benzene rings is 2. The van der Waals surface area contributed by atoms with E-state index in [1.165, 1.54) is 18.2 Å². The Morgan fingerprint density at radius 3 is 2.57 bits per heavy atom. The first-order chi connectivity index (χ1) is 16.8. The maximum Gasteiger partial charge on any atom is 0.380 e. The first kappa shape index (κ1) is 24.2. The van der Waals surface area contributed by atoms with E-state index in [4.69, 9.17) is 37.1 Å². The highest BCUT2D eigenvalue weighted by molar-refractivity contribution is 6.31. The molecule has 2 aliphatic rings. The van der Waals surface area contributed by atoms with E-state index >= 15 is 8.78 Å². The van der Waals surface area contributed by atoms with E-state index in [2.05, 4.69) is 10.2 Å². The number of amides is 1. The van der Waals surface area contributed by atoms with Gasteiger partial charge < -0.3 is 24.1 Å². The number of likely N-dealkylation sites (tertiary alicyclic amines) is 1. The zero-order chi connectivity index (χ0) is 24.6. The third kappa shape index (κ3) is 5.06. The third-order valence-electron chi connectivity index (χ3n) is 6.28. The van der Waals surface area contributed by atoms with Gasteiger partial charge in [-0.2, -0.15) is 8.78 Å². The number of hydrogen-bond acceptors (Lipinski definition) is 5. The minimum absolute atomic E-state index is 0.219. The van der Waals surface area contributed by atoms with Crippen LogP contribution in [0.15, 0.2) is 46.9 Å². The molecule has 0 radical (unpaired) electrons. The Morgan fingerprint density at radius 2 is 1.80 bits per heavy atom. The predicted molar refractivity (Wildman–Crippen MR) is 129 cm³/mol. The summed E-state index contributed by atoms with van der Waals surface area (Å²) in [4.78, 5) is 15.0. The Labute approximate surface area is 211 Å². The summed E-state index contributed by atoms with van der Waals surface area (Å²) in [6.07, 6.45) is 2.02. The largest absolute Gasteiger partial charge is 0.486 e. The van der Waals surface area contributed by atoms with E-state index < -0.39 is 29.0 Å². The number of nitrogens with zero attached hydrogens (tertiary/aromatic N) is 1. The topological polar surface area (TPSA) is 63.9 Å². The summed E-state index contributed by atoms with van der Waals surface area (Å²) in [6.45, 7) is 2.83.